The van der Waals surface area contributed by atoms with Crippen molar-refractivity contribution in [1.29, 1.82) is 0 Å². The number of carbonyl (C=O) groups excluding carboxylic acids is 1. The highest BCUT2D eigenvalue weighted by atomic mass is 32.2. The van der Waals surface area contributed by atoms with Crippen LogP contribution < -0.4 is 4.90 Å². The summed E-state index contributed by atoms with van der Waals surface area (Å²) < 4.78 is 28.0. The van der Waals surface area contributed by atoms with Crippen molar-refractivity contribution in [3.8, 4) is 17.0 Å². The fourth-order valence-electron chi connectivity index (χ4n) is 5.42. The fourth-order valence-corrected chi connectivity index (χ4v) is 6.86. The van der Waals surface area contributed by atoms with Crippen molar-refractivity contribution in [1.82, 2.24) is 19.2 Å². The number of hydrogen-bond acceptors (Lipinski definition) is 7. The van der Waals surface area contributed by atoms with Crippen molar-refractivity contribution < 1.29 is 18.3 Å². The average molecular weight is 544 g/mol. The van der Waals surface area contributed by atoms with Gasteiger partial charge in [0.2, 0.25) is 15.9 Å². The maximum atomic E-state index is 13.3. The Labute approximate surface area is 227 Å². The molecule has 0 bridgehead atoms. The van der Waals surface area contributed by atoms with Crippen LogP contribution in [-0.4, -0.2) is 77.9 Å². The first kappa shape index (κ1) is 25.3. The lowest BCUT2D eigenvalue weighted by Crippen LogP contribution is -2.50. The SMILES string of the molecule is O=C(C1CCN(S(=O)(=O)c2ccc(-c3ccc(O)cc3)nc2)C1)N1CCN(c2ccnc3ccccc23)CC1. The van der Waals surface area contributed by atoms with E-state index in [1.165, 1.54) is 10.5 Å². The highest BCUT2D eigenvalue weighted by Gasteiger charge is 2.38. The number of rotatable bonds is 5. The lowest BCUT2D eigenvalue weighted by atomic mass is 10.1. The summed E-state index contributed by atoms with van der Waals surface area (Å²) in [6, 6.07) is 19.8. The lowest BCUT2D eigenvalue weighted by molar-refractivity contribution is -0.135. The van der Waals surface area contributed by atoms with Crippen LogP contribution in [0, 0.1) is 5.92 Å². The highest BCUT2D eigenvalue weighted by Crippen LogP contribution is 2.29. The Balaban J connectivity index is 1.08. The van der Waals surface area contributed by atoms with E-state index < -0.39 is 10.0 Å². The van der Waals surface area contributed by atoms with Gasteiger partial charge in [0, 0.05) is 68.3 Å². The molecule has 1 atom stereocenters. The molecule has 0 saturated carbocycles. The zero-order valence-corrected chi connectivity index (χ0v) is 22.2. The first-order chi connectivity index (χ1) is 18.9. The van der Waals surface area contributed by atoms with Crippen LogP contribution in [0.2, 0.25) is 0 Å². The van der Waals surface area contributed by atoms with E-state index in [0.717, 1.165) is 22.2 Å². The van der Waals surface area contributed by atoms with Crippen molar-refractivity contribution in [3.63, 3.8) is 0 Å². The summed E-state index contributed by atoms with van der Waals surface area (Å²) in [5, 5.41) is 10.6. The topological polar surface area (TPSA) is 107 Å². The molecular formula is C29H29N5O4S. The summed E-state index contributed by atoms with van der Waals surface area (Å²) in [6.45, 7) is 3.11. The van der Waals surface area contributed by atoms with E-state index >= 15 is 0 Å². The van der Waals surface area contributed by atoms with Crippen LogP contribution in [-0.2, 0) is 14.8 Å². The van der Waals surface area contributed by atoms with Gasteiger partial charge in [0.25, 0.3) is 0 Å². The molecule has 2 aliphatic rings. The van der Waals surface area contributed by atoms with Gasteiger partial charge in [-0.05, 0) is 55.0 Å². The van der Waals surface area contributed by atoms with Gasteiger partial charge < -0.3 is 14.9 Å². The molecule has 4 aromatic rings. The second kappa shape index (κ2) is 10.3. The molecule has 0 radical (unpaired) electrons. The molecule has 0 spiro atoms. The summed E-state index contributed by atoms with van der Waals surface area (Å²) in [7, 11) is -3.76. The Morgan fingerprint density at radius 2 is 1.64 bits per heavy atom. The van der Waals surface area contributed by atoms with E-state index in [9.17, 15) is 18.3 Å². The van der Waals surface area contributed by atoms with E-state index in [1.54, 1.807) is 36.4 Å². The molecule has 1 N–H and O–H groups in total. The van der Waals surface area contributed by atoms with Gasteiger partial charge in [0.05, 0.1) is 17.1 Å². The van der Waals surface area contributed by atoms with Gasteiger partial charge >= 0.3 is 0 Å². The largest absolute Gasteiger partial charge is 0.508 e. The van der Waals surface area contributed by atoms with Crippen LogP contribution >= 0.6 is 0 Å². The molecule has 0 aliphatic carbocycles. The van der Waals surface area contributed by atoms with E-state index in [4.69, 9.17) is 0 Å². The molecule has 200 valence electrons. The van der Waals surface area contributed by atoms with Crippen molar-refractivity contribution in [2.24, 2.45) is 5.92 Å². The minimum Gasteiger partial charge on any atom is -0.508 e. The van der Waals surface area contributed by atoms with Gasteiger partial charge in [0.1, 0.15) is 10.6 Å². The van der Waals surface area contributed by atoms with Crippen LogP contribution in [0.5, 0.6) is 5.75 Å². The number of pyridine rings is 2. The van der Waals surface area contributed by atoms with E-state index in [-0.39, 0.29) is 29.0 Å². The van der Waals surface area contributed by atoms with Crippen molar-refractivity contribution in [2.45, 2.75) is 11.3 Å². The number of phenols is 1. The molecule has 2 saturated heterocycles. The Morgan fingerprint density at radius 3 is 2.38 bits per heavy atom. The van der Waals surface area contributed by atoms with E-state index in [1.807, 2.05) is 35.4 Å². The number of amides is 1. The van der Waals surface area contributed by atoms with Gasteiger partial charge in [-0.15, -0.1) is 0 Å². The number of benzene rings is 2. The average Bonchev–Trinajstić information content (AvgIpc) is 3.49. The van der Waals surface area contributed by atoms with Gasteiger partial charge in [-0.1, -0.05) is 18.2 Å². The molecule has 6 rings (SSSR count). The molecule has 2 aromatic carbocycles. The number of hydrogen-bond donors (Lipinski definition) is 1. The number of aromatic hydroxyl groups is 1. The molecular weight excluding hydrogens is 514 g/mol. The smallest absolute Gasteiger partial charge is 0.244 e. The van der Waals surface area contributed by atoms with Crippen LogP contribution in [0.15, 0.2) is 84.0 Å². The molecule has 4 heterocycles. The number of carbonyl (C=O) groups is 1. The van der Waals surface area contributed by atoms with Gasteiger partial charge in [0.15, 0.2) is 0 Å². The highest BCUT2D eigenvalue weighted by molar-refractivity contribution is 7.89. The minimum absolute atomic E-state index is 0.0211. The maximum absolute atomic E-state index is 13.3. The number of piperazine rings is 1. The molecule has 2 fully saturated rings. The number of phenolic OH excluding ortho intramolecular Hbond substituents is 1. The Hall–Kier alpha value is -4.02. The number of nitrogens with zero attached hydrogens (tertiary/aromatic N) is 5. The first-order valence-electron chi connectivity index (χ1n) is 13.0. The predicted molar refractivity (Wildman–Crippen MR) is 149 cm³/mol. The summed E-state index contributed by atoms with van der Waals surface area (Å²) in [6.07, 6.45) is 3.68. The summed E-state index contributed by atoms with van der Waals surface area (Å²) in [5.41, 5.74) is 3.46. The quantitative estimate of drug-likeness (QED) is 0.411. The summed E-state index contributed by atoms with van der Waals surface area (Å²) >= 11 is 0. The first-order valence-corrected chi connectivity index (χ1v) is 14.5. The maximum Gasteiger partial charge on any atom is 0.244 e. The number of anilines is 1. The Kier molecular flexibility index (Phi) is 6.66. The van der Waals surface area contributed by atoms with Gasteiger partial charge in [-0.25, -0.2) is 8.42 Å². The second-order valence-corrected chi connectivity index (χ2v) is 11.9. The molecule has 2 aromatic heterocycles. The van der Waals surface area contributed by atoms with Crippen LogP contribution in [0.4, 0.5) is 5.69 Å². The fraction of sp³-hybridized carbons (Fsp3) is 0.276. The third kappa shape index (κ3) is 4.93. The summed E-state index contributed by atoms with van der Waals surface area (Å²) in [4.78, 5) is 26.4. The third-order valence-corrected chi connectivity index (χ3v) is 9.44. The number of aromatic nitrogens is 2. The van der Waals surface area contributed by atoms with E-state index in [0.29, 0.717) is 44.8 Å². The van der Waals surface area contributed by atoms with Crippen LogP contribution in [0.1, 0.15) is 6.42 Å². The lowest BCUT2D eigenvalue weighted by Gasteiger charge is -2.37. The van der Waals surface area contributed by atoms with Crippen molar-refractivity contribution in [3.05, 3.63) is 79.1 Å². The van der Waals surface area contributed by atoms with Crippen LogP contribution in [0.3, 0.4) is 0 Å². The number of fused-ring (bicyclic) bond motifs is 1. The number of para-hydroxylation sites is 1. The molecule has 1 amide bonds. The van der Waals surface area contributed by atoms with Crippen LogP contribution in [0.25, 0.3) is 22.2 Å². The molecule has 2 aliphatic heterocycles. The van der Waals surface area contributed by atoms with Gasteiger partial charge in [-0.2, -0.15) is 4.31 Å². The predicted octanol–water partition coefficient (Wildman–Crippen LogP) is 3.36. The Morgan fingerprint density at radius 1 is 0.872 bits per heavy atom. The zero-order chi connectivity index (χ0) is 27.0. The second-order valence-electron chi connectivity index (χ2n) is 9.93. The zero-order valence-electron chi connectivity index (χ0n) is 21.3. The summed E-state index contributed by atoms with van der Waals surface area (Å²) in [5.74, 6) is -0.176. The van der Waals surface area contributed by atoms with Crippen molar-refractivity contribution >= 4 is 32.5 Å². The molecule has 39 heavy (non-hydrogen) atoms. The normalized spacial score (nSPS) is 18.5. The minimum atomic E-state index is -3.76. The van der Waals surface area contributed by atoms with Crippen molar-refractivity contribution in [2.75, 3.05) is 44.2 Å². The third-order valence-electron chi connectivity index (χ3n) is 7.60. The standard InChI is InChI=1S/C29H29N5O4S/c35-23-7-5-21(6-8-23)26-10-9-24(19-31-26)39(37,38)34-14-12-22(20-34)29(36)33-17-15-32(16-18-33)28-11-13-30-27-4-2-1-3-25(27)28/h1-11,13,19,22,35H,12,14-18,20H2. The molecule has 9 nitrogen and oxygen atoms in total. The molecule has 1 unspecified atom stereocenters. The number of sulfonamides is 1. The van der Waals surface area contributed by atoms with Gasteiger partial charge in [-0.3, -0.25) is 14.8 Å². The van der Waals surface area contributed by atoms with E-state index in [2.05, 4.69) is 20.9 Å². The monoisotopic (exact) mass is 543 g/mol. The molecule has 10 heteroatoms. The Bertz CT molecular complexity index is 1600.